The van der Waals surface area contributed by atoms with Gasteiger partial charge in [0.2, 0.25) is 5.91 Å². The maximum atomic E-state index is 12.7. The summed E-state index contributed by atoms with van der Waals surface area (Å²) in [6, 6.07) is 13.6. The molecule has 26 heavy (non-hydrogen) atoms. The molecule has 1 aromatic heterocycles. The number of benzene rings is 1. The second-order valence-corrected chi connectivity index (χ2v) is 8.11. The zero-order valence-electron chi connectivity index (χ0n) is 14.6. The normalized spacial score (nSPS) is 22.4. The first-order chi connectivity index (χ1) is 12.7. The van der Waals surface area contributed by atoms with Crippen LogP contribution in [0.3, 0.4) is 0 Å². The number of hydrogen-bond donors (Lipinski definition) is 2. The van der Waals surface area contributed by atoms with Gasteiger partial charge in [0, 0.05) is 30.1 Å². The predicted molar refractivity (Wildman–Crippen MR) is 102 cm³/mol. The van der Waals surface area contributed by atoms with Crippen LogP contribution in [0.1, 0.15) is 23.3 Å². The first kappa shape index (κ1) is 17.2. The lowest BCUT2D eigenvalue weighted by molar-refractivity contribution is -0.127. The molecule has 2 heterocycles. The van der Waals surface area contributed by atoms with E-state index in [4.69, 9.17) is 0 Å². The van der Waals surface area contributed by atoms with Gasteiger partial charge in [-0.25, -0.2) is 0 Å². The van der Waals surface area contributed by atoms with Crippen LogP contribution < -0.4 is 5.32 Å². The van der Waals surface area contributed by atoms with E-state index >= 15 is 0 Å². The Morgan fingerprint density at radius 3 is 2.62 bits per heavy atom. The van der Waals surface area contributed by atoms with E-state index in [9.17, 15) is 9.59 Å². The highest BCUT2D eigenvalue weighted by molar-refractivity contribution is 8.00. The van der Waals surface area contributed by atoms with Crippen molar-refractivity contribution in [3.63, 3.8) is 0 Å². The minimum atomic E-state index is -0.0846. The fourth-order valence-electron chi connectivity index (χ4n) is 3.66. The Morgan fingerprint density at radius 1 is 1.12 bits per heavy atom. The number of nitrogens with one attached hydrogen (secondary N) is 2. The molecular formula is C20H23N3O2S. The Hall–Kier alpha value is -2.21. The Bertz CT molecular complexity index is 759. The minimum absolute atomic E-state index is 0.0453. The quantitative estimate of drug-likeness (QED) is 0.770. The van der Waals surface area contributed by atoms with Crippen LogP contribution in [0.25, 0.3) is 0 Å². The number of hydrogen-bond acceptors (Lipinski definition) is 3. The zero-order chi connectivity index (χ0) is 17.9. The first-order valence-corrected chi connectivity index (χ1v) is 10.1. The van der Waals surface area contributed by atoms with Crippen LogP contribution >= 0.6 is 11.8 Å². The highest BCUT2D eigenvalue weighted by Gasteiger charge is 2.44. The Kier molecular flexibility index (Phi) is 5.02. The van der Waals surface area contributed by atoms with Gasteiger partial charge in [0.05, 0.1) is 11.8 Å². The van der Waals surface area contributed by atoms with Gasteiger partial charge in [-0.15, -0.1) is 11.8 Å². The summed E-state index contributed by atoms with van der Waals surface area (Å²) >= 11 is 1.57. The number of H-pyrrole nitrogens is 1. The molecule has 0 radical (unpaired) electrons. The van der Waals surface area contributed by atoms with E-state index in [1.807, 2.05) is 41.3 Å². The smallest absolute Gasteiger partial charge is 0.267 e. The maximum absolute atomic E-state index is 12.7. The number of amides is 2. The van der Waals surface area contributed by atoms with Crippen molar-refractivity contribution in [2.45, 2.75) is 23.8 Å². The summed E-state index contributed by atoms with van der Waals surface area (Å²) < 4.78 is 0. The number of nitrogens with zero attached hydrogens (tertiary/aromatic N) is 1. The van der Waals surface area contributed by atoms with Gasteiger partial charge in [-0.3, -0.25) is 9.59 Å². The maximum Gasteiger partial charge on any atom is 0.267 e. The van der Waals surface area contributed by atoms with E-state index in [1.165, 1.54) is 12.8 Å². The number of likely N-dealkylation sites (tertiary alicyclic amines) is 1. The summed E-state index contributed by atoms with van der Waals surface area (Å²) in [6.45, 7) is 1.37. The molecule has 2 N–H and O–H groups in total. The van der Waals surface area contributed by atoms with E-state index < -0.39 is 0 Å². The second-order valence-electron chi connectivity index (χ2n) is 7.07. The predicted octanol–water partition coefficient (Wildman–Crippen LogP) is 2.77. The summed E-state index contributed by atoms with van der Waals surface area (Å²) in [6.07, 6.45) is 4.17. The third-order valence-corrected chi connectivity index (χ3v) is 6.21. The van der Waals surface area contributed by atoms with Crippen molar-refractivity contribution in [2.24, 2.45) is 11.8 Å². The summed E-state index contributed by atoms with van der Waals surface area (Å²) in [5, 5.41) is 3.14. The highest BCUT2D eigenvalue weighted by Crippen LogP contribution is 2.41. The van der Waals surface area contributed by atoms with E-state index in [0.717, 1.165) is 11.4 Å². The lowest BCUT2D eigenvalue weighted by Crippen LogP contribution is -2.41. The van der Waals surface area contributed by atoms with Gasteiger partial charge in [0.25, 0.3) is 5.91 Å². The van der Waals surface area contributed by atoms with Crippen LogP contribution in [0, 0.1) is 11.8 Å². The molecule has 136 valence electrons. The molecule has 1 aliphatic carbocycles. The van der Waals surface area contributed by atoms with Gasteiger partial charge < -0.3 is 15.2 Å². The third kappa shape index (κ3) is 3.96. The monoisotopic (exact) mass is 369 g/mol. The van der Waals surface area contributed by atoms with Crippen LogP contribution in [-0.4, -0.2) is 46.6 Å². The second kappa shape index (κ2) is 7.58. The molecule has 2 atom stereocenters. The van der Waals surface area contributed by atoms with Crippen molar-refractivity contribution in [1.82, 2.24) is 15.2 Å². The molecule has 1 aromatic carbocycles. The van der Waals surface area contributed by atoms with E-state index in [0.29, 0.717) is 29.8 Å². The van der Waals surface area contributed by atoms with Crippen LogP contribution in [0.15, 0.2) is 53.6 Å². The Morgan fingerprint density at radius 2 is 1.92 bits per heavy atom. The standard InChI is InChI=1S/C20H23N3O2S/c24-19(13-26-15-5-2-1-3-6-15)23-11-16(14-8-9-14)18(12-23)22-20(25)17-7-4-10-21-17/h1-7,10,14,16,18,21H,8-9,11-13H2,(H,22,25)/t16-,18+/m1/s1. The van der Waals surface area contributed by atoms with Gasteiger partial charge in [0.15, 0.2) is 0 Å². The topological polar surface area (TPSA) is 65.2 Å². The number of carbonyl (C=O) groups is 2. The first-order valence-electron chi connectivity index (χ1n) is 9.10. The molecule has 2 aromatic rings. The van der Waals surface area contributed by atoms with Gasteiger partial charge in [-0.05, 0) is 43.0 Å². The van der Waals surface area contributed by atoms with Gasteiger partial charge >= 0.3 is 0 Å². The highest BCUT2D eigenvalue weighted by atomic mass is 32.2. The molecule has 0 unspecified atom stereocenters. The summed E-state index contributed by atoms with van der Waals surface area (Å²) in [5.41, 5.74) is 0.573. The fraction of sp³-hybridized carbons (Fsp3) is 0.400. The fourth-order valence-corrected chi connectivity index (χ4v) is 4.48. The van der Waals surface area contributed by atoms with E-state index in [-0.39, 0.29) is 17.9 Å². The molecule has 0 bridgehead atoms. The Labute approximate surface area is 157 Å². The zero-order valence-corrected chi connectivity index (χ0v) is 15.4. The number of rotatable bonds is 6. The van der Waals surface area contributed by atoms with Crippen molar-refractivity contribution in [1.29, 1.82) is 0 Å². The van der Waals surface area contributed by atoms with Crippen molar-refractivity contribution < 1.29 is 9.59 Å². The SMILES string of the molecule is O=C(N[C@H]1CN(C(=O)CSc2ccccc2)C[C@@H]1C1CC1)c1ccc[nH]1. The summed E-state index contributed by atoms with van der Waals surface area (Å²) in [5.74, 6) is 1.53. The van der Waals surface area contributed by atoms with Crippen molar-refractivity contribution in [3.8, 4) is 0 Å². The van der Waals surface area contributed by atoms with Gasteiger partial charge in [0.1, 0.15) is 5.69 Å². The van der Waals surface area contributed by atoms with Crippen LogP contribution in [0.4, 0.5) is 0 Å². The van der Waals surface area contributed by atoms with Crippen LogP contribution in [0.5, 0.6) is 0 Å². The molecule has 1 saturated carbocycles. The number of carbonyl (C=O) groups excluding carboxylic acids is 2. The average molecular weight is 369 g/mol. The third-order valence-electron chi connectivity index (χ3n) is 5.21. The molecule has 4 rings (SSSR count). The molecule has 6 heteroatoms. The minimum Gasteiger partial charge on any atom is -0.357 e. The molecule has 2 amide bonds. The molecule has 1 saturated heterocycles. The average Bonchev–Trinajstić information content (AvgIpc) is 3.19. The number of aromatic amines is 1. The molecule has 2 aliphatic rings. The van der Waals surface area contributed by atoms with Crippen molar-refractivity contribution in [2.75, 3.05) is 18.8 Å². The summed E-state index contributed by atoms with van der Waals surface area (Å²) in [7, 11) is 0. The lowest BCUT2D eigenvalue weighted by atomic mass is 9.98. The molecule has 0 spiro atoms. The summed E-state index contributed by atoms with van der Waals surface area (Å²) in [4.78, 5) is 31.0. The largest absolute Gasteiger partial charge is 0.357 e. The van der Waals surface area contributed by atoms with Crippen LogP contribution in [-0.2, 0) is 4.79 Å². The molecule has 1 aliphatic heterocycles. The Balaban J connectivity index is 1.36. The van der Waals surface area contributed by atoms with E-state index in [1.54, 1.807) is 24.0 Å². The van der Waals surface area contributed by atoms with Gasteiger partial charge in [-0.2, -0.15) is 0 Å². The van der Waals surface area contributed by atoms with Crippen molar-refractivity contribution >= 4 is 23.6 Å². The van der Waals surface area contributed by atoms with E-state index in [2.05, 4.69) is 10.3 Å². The molecule has 5 nitrogen and oxygen atoms in total. The number of aromatic nitrogens is 1. The van der Waals surface area contributed by atoms with Crippen molar-refractivity contribution in [3.05, 3.63) is 54.4 Å². The lowest BCUT2D eigenvalue weighted by Gasteiger charge is -2.18. The number of thioether (sulfide) groups is 1. The molecule has 2 fully saturated rings. The van der Waals surface area contributed by atoms with Crippen LogP contribution in [0.2, 0.25) is 0 Å². The van der Waals surface area contributed by atoms with Gasteiger partial charge in [-0.1, -0.05) is 18.2 Å². The molecular weight excluding hydrogens is 346 g/mol.